The van der Waals surface area contributed by atoms with Crippen LogP contribution in [-0.2, 0) is 17.8 Å². The van der Waals surface area contributed by atoms with Crippen LogP contribution in [0.5, 0.6) is 17.2 Å². The Hall–Kier alpha value is -3.14. The van der Waals surface area contributed by atoms with Crippen molar-refractivity contribution < 1.29 is 28.4 Å². The van der Waals surface area contributed by atoms with Gasteiger partial charge in [0.15, 0.2) is 11.5 Å². The van der Waals surface area contributed by atoms with Gasteiger partial charge in [-0.2, -0.15) is 5.10 Å². The lowest BCUT2D eigenvalue weighted by atomic mass is 10.1. The van der Waals surface area contributed by atoms with Crippen LogP contribution < -0.4 is 14.2 Å². The first-order valence-corrected chi connectivity index (χ1v) is 11.6. The van der Waals surface area contributed by atoms with E-state index in [-0.39, 0.29) is 19.0 Å². The molecule has 0 spiro atoms. The molecule has 0 saturated carbocycles. The molecule has 8 nitrogen and oxygen atoms in total. The molecule has 1 saturated heterocycles. The fourth-order valence-electron chi connectivity index (χ4n) is 3.99. The number of β-amino-alcohol motifs (C(OH)–C–C–N with tert-alkyl or cyclic N) is 1. The second kappa shape index (κ2) is 11.5. The van der Waals surface area contributed by atoms with Crippen LogP contribution in [0.3, 0.4) is 0 Å². The van der Waals surface area contributed by atoms with Crippen LogP contribution >= 0.6 is 0 Å². The first-order valence-electron chi connectivity index (χ1n) is 11.6. The lowest BCUT2D eigenvalue weighted by Gasteiger charge is -2.30. The summed E-state index contributed by atoms with van der Waals surface area (Å²) in [7, 11) is 1.62. The van der Waals surface area contributed by atoms with Crippen molar-refractivity contribution in [2.75, 3.05) is 46.6 Å². The van der Waals surface area contributed by atoms with Crippen molar-refractivity contribution >= 4 is 0 Å². The van der Waals surface area contributed by atoms with E-state index in [0.29, 0.717) is 56.6 Å². The third-order valence-corrected chi connectivity index (χ3v) is 5.74. The Kier molecular flexibility index (Phi) is 8.22. The summed E-state index contributed by atoms with van der Waals surface area (Å²) in [5, 5.41) is 15.4. The SMILES string of the molecule is COc1cc(CN2CCOC[C@@](O)(COc3ccc(F)cc3)C2)ccc1OCCn1cc(C)cn1. The van der Waals surface area contributed by atoms with E-state index in [0.717, 1.165) is 11.1 Å². The number of aryl methyl sites for hydroxylation is 1. The summed E-state index contributed by atoms with van der Waals surface area (Å²) in [6.45, 7) is 5.47. The molecule has 0 aliphatic carbocycles. The minimum absolute atomic E-state index is 0.0427. The Labute approximate surface area is 204 Å². The van der Waals surface area contributed by atoms with E-state index in [1.807, 2.05) is 42.2 Å². The molecule has 35 heavy (non-hydrogen) atoms. The largest absolute Gasteiger partial charge is 0.493 e. The lowest BCUT2D eigenvalue weighted by molar-refractivity contribution is -0.0646. The second-order valence-corrected chi connectivity index (χ2v) is 8.84. The quantitative estimate of drug-likeness (QED) is 0.473. The summed E-state index contributed by atoms with van der Waals surface area (Å²) >= 11 is 0. The standard InChI is InChI=1S/C26H32FN3O5/c1-20-14-28-30(15-20)10-12-34-24-8-3-21(13-25(24)32-2)16-29-9-11-33-18-26(31,17-29)19-35-23-6-4-22(27)5-7-23/h3-8,13-15,31H,9-12,16-19H2,1-2H3/t26-/m1/s1. The number of benzene rings is 2. The predicted octanol–water partition coefficient (Wildman–Crippen LogP) is 3.06. The number of aliphatic hydroxyl groups is 1. The van der Waals surface area contributed by atoms with Gasteiger partial charge < -0.3 is 24.1 Å². The van der Waals surface area contributed by atoms with E-state index in [4.69, 9.17) is 18.9 Å². The number of methoxy groups -OCH3 is 1. The molecule has 9 heteroatoms. The van der Waals surface area contributed by atoms with Gasteiger partial charge in [0.05, 0.1) is 33.1 Å². The van der Waals surface area contributed by atoms with Crippen molar-refractivity contribution in [3.05, 3.63) is 71.8 Å². The second-order valence-electron chi connectivity index (χ2n) is 8.84. The first-order chi connectivity index (χ1) is 16.9. The third kappa shape index (κ3) is 7.17. The van der Waals surface area contributed by atoms with Crippen LogP contribution in [0.2, 0.25) is 0 Å². The Balaban J connectivity index is 1.34. The van der Waals surface area contributed by atoms with Crippen LogP contribution in [0.4, 0.5) is 4.39 Å². The Morgan fingerprint density at radius 1 is 1.14 bits per heavy atom. The molecule has 3 aromatic rings. The molecule has 0 bridgehead atoms. The van der Waals surface area contributed by atoms with Crippen LogP contribution in [0.1, 0.15) is 11.1 Å². The number of aromatic nitrogens is 2. The molecule has 188 valence electrons. The highest BCUT2D eigenvalue weighted by Gasteiger charge is 2.33. The van der Waals surface area contributed by atoms with E-state index in [1.165, 1.54) is 12.1 Å². The zero-order chi connectivity index (χ0) is 24.7. The number of halogens is 1. The summed E-state index contributed by atoms with van der Waals surface area (Å²) in [6.07, 6.45) is 3.79. The van der Waals surface area contributed by atoms with Gasteiger partial charge in [0.25, 0.3) is 0 Å². The molecule has 2 heterocycles. The van der Waals surface area contributed by atoms with Crippen molar-refractivity contribution in [2.24, 2.45) is 0 Å². The van der Waals surface area contributed by atoms with Gasteiger partial charge in [-0.25, -0.2) is 4.39 Å². The third-order valence-electron chi connectivity index (χ3n) is 5.74. The Morgan fingerprint density at radius 2 is 1.97 bits per heavy atom. The normalized spacial score (nSPS) is 18.7. The van der Waals surface area contributed by atoms with E-state index in [1.54, 1.807) is 19.2 Å². The van der Waals surface area contributed by atoms with Gasteiger partial charge in [0, 0.05) is 25.8 Å². The lowest BCUT2D eigenvalue weighted by Crippen LogP contribution is -2.48. The molecule has 2 aromatic carbocycles. The maximum Gasteiger partial charge on any atom is 0.161 e. The van der Waals surface area contributed by atoms with E-state index in [2.05, 4.69) is 10.00 Å². The van der Waals surface area contributed by atoms with Gasteiger partial charge in [-0.05, 0) is 54.4 Å². The van der Waals surface area contributed by atoms with Crippen LogP contribution in [0.15, 0.2) is 54.9 Å². The van der Waals surface area contributed by atoms with Gasteiger partial charge in [-0.1, -0.05) is 6.07 Å². The highest BCUT2D eigenvalue weighted by molar-refractivity contribution is 5.43. The van der Waals surface area contributed by atoms with Crippen molar-refractivity contribution in [1.82, 2.24) is 14.7 Å². The van der Waals surface area contributed by atoms with Crippen LogP contribution in [-0.4, -0.2) is 72.0 Å². The van der Waals surface area contributed by atoms with Crippen molar-refractivity contribution in [2.45, 2.75) is 25.6 Å². The molecule has 1 fully saturated rings. The Morgan fingerprint density at radius 3 is 2.71 bits per heavy atom. The smallest absolute Gasteiger partial charge is 0.161 e. The van der Waals surface area contributed by atoms with E-state index >= 15 is 0 Å². The number of rotatable bonds is 10. The average Bonchev–Trinajstić information content (AvgIpc) is 3.17. The molecule has 0 radical (unpaired) electrons. The average molecular weight is 486 g/mol. The summed E-state index contributed by atoms with van der Waals surface area (Å²) in [6, 6.07) is 11.6. The number of nitrogens with zero attached hydrogens (tertiary/aromatic N) is 3. The summed E-state index contributed by atoms with van der Waals surface area (Å²) in [5.74, 6) is 1.49. The minimum atomic E-state index is -1.19. The Bertz CT molecular complexity index is 1090. The zero-order valence-corrected chi connectivity index (χ0v) is 20.2. The molecule has 1 atom stereocenters. The molecule has 1 N–H and O–H groups in total. The van der Waals surface area contributed by atoms with Gasteiger partial charge in [-0.3, -0.25) is 9.58 Å². The topological polar surface area (TPSA) is 78.2 Å². The number of hydrogen-bond acceptors (Lipinski definition) is 7. The molecule has 0 amide bonds. The predicted molar refractivity (Wildman–Crippen MR) is 128 cm³/mol. The van der Waals surface area contributed by atoms with Crippen molar-refractivity contribution in [1.29, 1.82) is 0 Å². The minimum Gasteiger partial charge on any atom is -0.493 e. The monoisotopic (exact) mass is 485 g/mol. The highest BCUT2D eigenvalue weighted by atomic mass is 19.1. The summed E-state index contributed by atoms with van der Waals surface area (Å²) < 4.78 is 37.8. The van der Waals surface area contributed by atoms with Crippen LogP contribution in [0.25, 0.3) is 0 Å². The molecular weight excluding hydrogens is 453 g/mol. The summed E-state index contributed by atoms with van der Waals surface area (Å²) in [5.41, 5.74) is 0.948. The van der Waals surface area contributed by atoms with Gasteiger partial charge in [-0.15, -0.1) is 0 Å². The van der Waals surface area contributed by atoms with Crippen molar-refractivity contribution in [3.8, 4) is 17.2 Å². The highest BCUT2D eigenvalue weighted by Crippen LogP contribution is 2.29. The van der Waals surface area contributed by atoms with Crippen molar-refractivity contribution in [3.63, 3.8) is 0 Å². The number of ether oxygens (including phenoxy) is 4. The van der Waals surface area contributed by atoms with Gasteiger partial charge in [0.1, 0.15) is 30.4 Å². The molecule has 1 aliphatic heterocycles. The molecular formula is C26H32FN3O5. The molecule has 0 unspecified atom stereocenters. The summed E-state index contributed by atoms with van der Waals surface area (Å²) in [4.78, 5) is 2.12. The van der Waals surface area contributed by atoms with E-state index in [9.17, 15) is 9.50 Å². The molecule has 4 rings (SSSR count). The van der Waals surface area contributed by atoms with Gasteiger partial charge >= 0.3 is 0 Å². The molecule has 1 aliphatic rings. The number of hydrogen-bond donors (Lipinski definition) is 1. The maximum atomic E-state index is 13.1. The molecule has 1 aromatic heterocycles. The van der Waals surface area contributed by atoms with Gasteiger partial charge in [0.2, 0.25) is 0 Å². The first kappa shape index (κ1) is 25.0. The van der Waals surface area contributed by atoms with E-state index < -0.39 is 5.60 Å². The zero-order valence-electron chi connectivity index (χ0n) is 20.2. The maximum absolute atomic E-state index is 13.1. The fraction of sp³-hybridized carbons (Fsp3) is 0.423. The van der Waals surface area contributed by atoms with Crippen LogP contribution in [0, 0.1) is 12.7 Å². The fourth-order valence-corrected chi connectivity index (χ4v) is 3.99.